The molecular formula is C11H10BrCl2NO3S. The van der Waals surface area contributed by atoms with Gasteiger partial charge in [-0.1, -0.05) is 11.6 Å². The van der Waals surface area contributed by atoms with E-state index >= 15 is 0 Å². The largest absolute Gasteiger partial charge is 0.352 e. The number of halogens is 3. The van der Waals surface area contributed by atoms with Gasteiger partial charge in [0.15, 0.2) is 0 Å². The van der Waals surface area contributed by atoms with Gasteiger partial charge in [0, 0.05) is 21.7 Å². The summed E-state index contributed by atoms with van der Waals surface area (Å²) in [5.41, 5.74) is 0.0934. The summed E-state index contributed by atoms with van der Waals surface area (Å²) in [6.45, 7) is 0.574. The van der Waals surface area contributed by atoms with E-state index in [2.05, 4.69) is 21.2 Å². The molecule has 0 aliphatic heterocycles. The molecule has 1 aromatic rings. The van der Waals surface area contributed by atoms with Gasteiger partial charge in [-0.05, 0) is 46.8 Å². The van der Waals surface area contributed by atoms with Crippen LogP contribution >= 0.6 is 38.2 Å². The van der Waals surface area contributed by atoms with Gasteiger partial charge in [0.1, 0.15) is 0 Å². The highest BCUT2D eigenvalue weighted by Gasteiger charge is 2.24. The Morgan fingerprint density at radius 3 is 2.58 bits per heavy atom. The van der Waals surface area contributed by atoms with Crippen LogP contribution in [0.4, 0.5) is 0 Å². The molecule has 1 amide bonds. The number of nitrogens with one attached hydrogen (secondary N) is 1. The lowest BCUT2D eigenvalue weighted by molar-refractivity contribution is 0.0951. The lowest BCUT2D eigenvalue weighted by Gasteiger charge is -2.09. The van der Waals surface area contributed by atoms with Gasteiger partial charge in [-0.3, -0.25) is 4.79 Å². The van der Waals surface area contributed by atoms with Crippen molar-refractivity contribution in [3.8, 4) is 0 Å². The summed E-state index contributed by atoms with van der Waals surface area (Å²) in [5.74, 6) is 0.117. The van der Waals surface area contributed by atoms with E-state index in [1.807, 2.05) is 0 Å². The number of carbonyl (C=O) groups excluding carboxylic acids is 1. The Morgan fingerprint density at radius 1 is 1.42 bits per heavy atom. The molecule has 0 unspecified atom stereocenters. The molecule has 1 fully saturated rings. The molecule has 1 N–H and O–H groups in total. The van der Waals surface area contributed by atoms with E-state index in [1.165, 1.54) is 12.1 Å². The number of benzene rings is 1. The molecule has 1 saturated carbocycles. The standard InChI is InChI=1S/C11H10BrCl2NO3S/c12-9-4-7(19(14,17)18)3-8(10(9)13)11(16)15-5-6-1-2-6/h3-4,6H,1-2,5H2,(H,15,16). The van der Waals surface area contributed by atoms with Gasteiger partial charge >= 0.3 is 0 Å². The van der Waals surface area contributed by atoms with Crippen LogP contribution in [0.2, 0.25) is 5.02 Å². The van der Waals surface area contributed by atoms with Crippen LogP contribution in [-0.2, 0) is 9.05 Å². The highest BCUT2D eigenvalue weighted by molar-refractivity contribution is 9.10. The Labute approximate surface area is 129 Å². The second-order valence-electron chi connectivity index (χ2n) is 4.36. The predicted molar refractivity (Wildman–Crippen MR) is 77.2 cm³/mol. The summed E-state index contributed by atoms with van der Waals surface area (Å²) in [4.78, 5) is 11.8. The van der Waals surface area contributed by atoms with Gasteiger partial charge < -0.3 is 5.32 Å². The molecule has 0 aromatic heterocycles. The van der Waals surface area contributed by atoms with Crippen LogP contribution in [0.15, 0.2) is 21.5 Å². The molecule has 104 valence electrons. The quantitative estimate of drug-likeness (QED) is 0.808. The third-order valence-corrected chi connectivity index (χ3v) is 5.37. The molecule has 19 heavy (non-hydrogen) atoms. The average Bonchev–Trinajstić information content (AvgIpc) is 3.11. The minimum Gasteiger partial charge on any atom is -0.352 e. The second kappa shape index (κ2) is 5.60. The van der Waals surface area contributed by atoms with Crippen molar-refractivity contribution in [3.05, 3.63) is 27.2 Å². The summed E-state index contributed by atoms with van der Waals surface area (Å²) >= 11 is 9.11. The fraction of sp³-hybridized carbons (Fsp3) is 0.364. The maximum absolute atomic E-state index is 12.0. The minimum atomic E-state index is -3.91. The van der Waals surface area contributed by atoms with Crippen molar-refractivity contribution < 1.29 is 13.2 Å². The number of hydrogen-bond donors (Lipinski definition) is 1. The predicted octanol–water partition coefficient (Wildman–Crippen LogP) is 3.17. The molecule has 0 atom stereocenters. The van der Waals surface area contributed by atoms with Crippen LogP contribution in [0, 0.1) is 5.92 Å². The van der Waals surface area contributed by atoms with Gasteiger partial charge in [-0.2, -0.15) is 0 Å². The van der Waals surface area contributed by atoms with Crippen LogP contribution in [0.3, 0.4) is 0 Å². The van der Waals surface area contributed by atoms with Gasteiger partial charge in [-0.25, -0.2) is 8.42 Å². The Bertz CT molecular complexity index is 629. The van der Waals surface area contributed by atoms with Crippen LogP contribution in [-0.4, -0.2) is 20.9 Å². The van der Waals surface area contributed by atoms with Gasteiger partial charge in [0.2, 0.25) is 0 Å². The van der Waals surface area contributed by atoms with Crippen LogP contribution in [0.5, 0.6) is 0 Å². The van der Waals surface area contributed by atoms with E-state index in [0.29, 0.717) is 16.9 Å². The number of rotatable bonds is 4. The molecule has 0 heterocycles. The van der Waals surface area contributed by atoms with E-state index in [1.54, 1.807) is 0 Å². The van der Waals surface area contributed by atoms with Gasteiger partial charge in [0.25, 0.3) is 15.0 Å². The number of hydrogen-bond acceptors (Lipinski definition) is 3. The highest BCUT2D eigenvalue weighted by Crippen LogP contribution is 2.32. The van der Waals surface area contributed by atoms with Crippen molar-refractivity contribution in [2.24, 2.45) is 5.92 Å². The molecule has 0 spiro atoms. The van der Waals surface area contributed by atoms with Crippen LogP contribution in [0.25, 0.3) is 0 Å². The lowest BCUT2D eigenvalue weighted by Crippen LogP contribution is -2.26. The Hall–Kier alpha value is -0.300. The third kappa shape index (κ3) is 3.84. The topological polar surface area (TPSA) is 63.2 Å². The molecule has 0 radical (unpaired) electrons. The SMILES string of the molecule is O=C(NCC1CC1)c1cc(S(=O)(=O)Cl)cc(Br)c1Cl. The van der Waals surface area contributed by atoms with Crippen LogP contribution in [0.1, 0.15) is 23.2 Å². The molecular weight excluding hydrogens is 377 g/mol. The zero-order valence-corrected chi connectivity index (χ0v) is 13.5. The Kier molecular flexibility index (Phi) is 4.45. The summed E-state index contributed by atoms with van der Waals surface area (Å²) in [6.07, 6.45) is 2.21. The van der Waals surface area contributed by atoms with Crippen molar-refractivity contribution in [3.63, 3.8) is 0 Å². The van der Waals surface area contributed by atoms with Crippen molar-refractivity contribution in [1.82, 2.24) is 5.32 Å². The molecule has 4 nitrogen and oxygen atoms in total. The van der Waals surface area contributed by atoms with Gasteiger partial charge in [0.05, 0.1) is 15.5 Å². The summed E-state index contributed by atoms with van der Waals surface area (Å²) in [5, 5.41) is 2.89. The fourth-order valence-corrected chi connectivity index (χ4v) is 3.12. The van der Waals surface area contributed by atoms with E-state index in [9.17, 15) is 13.2 Å². The minimum absolute atomic E-state index is 0.0934. The molecule has 1 aliphatic carbocycles. The number of carbonyl (C=O) groups is 1. The Balaban J connectivity index is 2.31. The monoisotopic (exact) mass is 385 g/mol. The van der Waals surface area contributed by atoms with Crippen molar-refractivity contribution >= 4 is 53.2 Å². The molecule has 1 aromatic carbocycles. The molecule has 2 rings (SSSR count). The second-order valence-corrected chi connectivity index (χ2v) is 8.16. The first-order chi connectivity index (χ1) is 8.79. The van der Waals surface area contributed by atoms with Crippen molar-refractivity contribution in [2.75, 3.05) is 6.54 Å². The first-order valence-corrected chi connectivity index (χ1v) is 8.99. The summed E-state index contributed by atoms with van der Waals surface area (Å²) < 4.78 is 22.9. The first kappa shape index (κ1) is 15.1. The van der Waals surface area contributed by atoms with Crippen molar-refractivity contribution in [2.45, 2.75) is 17.7 Å². The van der Waals surface area contributed by atoms with E-state index in [-0.39, 0.29) is 15.5 Å². The fourth-order valence-electron chi connectivity index (χ4n) is 1.52. The average molecular weight is 387 g/mol. The number of amides is 1. The highest BCUT2D eigenvalue weighted by atomic mass is 79.9. The lowest BCUT2D eigenvalue weighted by atomic mass is 10.2. The summed E-state index contributed by atoms with van der Waals surface area (Å²) in [7, 11) is 1.36. The zero-order chi connectivity index (χ0) is 14.2. The van der Waals surface area contributed by atoms with E-state index in [4.69, 9.17) is 22.3 Å². The van der Waals surface area contributed by atoms with Crippen molar-refractivity contribution in [1.29, 1.82) is 0 Å². The van der Waals surface area contributed by atoms with Gasteiger partial charge in [-0.15, -0.1) is 0 Å². The molecule has 0 saturated heterocycles. The first-order valence-electron chi connectivity index (χ1n) is 5.51. The maximum atomic E-state index is 12.0. The maximum Gasteiger partial charge on any atom is 0.261 e. The van der Waals surface area contributed by atoms with E-state index < -0.39 is 15.0 Å². The molecule has 0 bridgehead atoms. The normalized spacial score (nSPS) is 15.3. The summed E-state index contributed by atoms with van der Waals surface area (Å²) in [6, 6.07) is 2.44. The smallest absolute Gasteiger partial charge is 0.261 e. The Morgan fingerprint density at radius 2 is 2.05 bits per heavy atom. The third-order valence-electron chi connectivity index (χ3n) is 2.78. The zero-order valence-electron chi connectivity index (χ0n) is 9.62. The molecule has 8 heteroatoms. The molecule has 1 aliphatic rings. The van der Waals surface area contributed by atoms with Crippen LogP contribution < -0.4 is 5.32 Å². The van der Waals surface area contributed by atoms with E-state index in [0.717, 1.165) is 12.8 Å².